The summed E-state index contributed by atoms with van der Waals surface area (Å²) in [6, 6.07) is 7.06. The van der Waals surface area contributed by atoms with Gasteiger partial charge in [-0.15, -0.1) is 0 Å². The van der Waals surface area contributed by atoms with E-state index in [1.807, 2.05) is 0 Å². The van der Waals surface area contributed by atoms with Crippen molar-refractivity contribution in [3.8, 4) is 0 Å². The van der Waals surface area contributed by atoms with E-state index in [2.05, 4.69) is 0 Å². The average molecular weight is 239 g/mol. The zero-order valence-corrected chi connectivity index (χ0v) is 9.78. The number of ketones is 1. The Morgan fingerprint density at radius 3 is 2.56 bits per heavy atom. The van der Waals surface area contributed by atoms with Crippen molar-refractivity contribution < 1.29 is 9.90 Å². The summed E-state index contributed by atoms with van der Waals surface area (Å²) >= 11 is 5.78. The van der Waals surface area contributed by atoms with Crippen molar-refractivity contribution in [2.24, 2.45) is 5.92 Å². The minimum absolute atomic E-state index is 0.189. The summed E-state index contributed by atoms with van der Waals surface area (Å²) in [6.45, 7) is 0. The van der Waals surface area contributed by atoms with Gasteiger partial charge in [0, 0.05) is 17.4 Å². The Hall–Kier alpha value is -0.860. The summed E-state index contributed by atoms with van der Waals surface area (Å²) in [4.78, 5) is 11.7. The molecule has 1 fully saturated rings. The van der Waals surface area contributed by atoms with Crippen LogP contribution >= 0.6 is 11.6 Å². The molecule has 0 aliphatic heterocycles. The smallest absolute Gasteiger partial charge is 0.138 e. The highest BCUT2D eigenvalue weighted by molar-refractivity contribution is 6.30. The number of carbonyl (C=O) groups excluding carboxylic acids is 1. The highest BCUT2D eigenvalue weighted by Crippen LogP contribution is 2.32. The van der Waals surface area contributed by atoms with Crippen LogP contribution < -0.4 is 0 Å². The van der Waals surface area contributed by atoms with Crippen LogP contribution in [0.5, 0.6) is 0 Å². The van der Waals surface area contributed by atoms with Crippen LogP contribution in [-0.4, -0.2) is 10.9 Å². The molecule has 1 saturated carbocycles. The van der Waals surface area contributed by atoms with Crippen molar-refractivity contribution in [3.05, 3.63) is 34.9 Å². The molecule has 1 aromatic carbocycles. The molecule has 1 aliphatic rings. The standard InChI is InChI=1S/C13H15ClO2/c14-10-7-5-9(6-8-10)13(16)11-3-1-2-4-12(11)15/h5-8,11,13,16H,1-4H2/t11?,13-/m1/s1. The van der Waals surface area contributed by atoms with E-state index < -0.39 is 6.10 Å². The first-order valence-corrected chi connectivity index (χ1v) is 6.02. The Bertz CT molecular complexity index is 372. The molecule has 2 rings (SSSR count). The number of benzene rings is 1. The Balaban J connectivity index is 2.14. The van der Waals surface area contributed by atoms with Gasteiger partial charge in [0.15, 0.2) is 0 Å². The fourth-order valence-electron chi connectivity index (χ4n) is 2.24. The lowest BCUT2D eigenvalue weighted by molar-refractivity contribution is -0.128. The second-order valence-corrected chi connectivity index (χ2v) is 4.75. The summed E-state index contributed by atoms with van der Waals surface area (Å²) in [5, 5.41) is 10.8. The van der Waals surface area contributed by atoms with Gasteiger partial charge in [-0.3, -0.25) is 4.79 Å². The molecule has 1 N–H and O–H groups in total. The largest absolute Gasteiger partial charge is 0.388 e. The van der Waals surface area contributed by atoms with Crippen LogP contribution in [0, 0.1) is 5.92 Å². The van der Waals surface area contributed by atoms with Gasteiger partial charge in [-0.1, -0.05) is 30.2 Å². The van der Waals surface area contributed by atoms with E-state index in [-0.39, 0.29) is 11.7 Å². The van der Waals surface area contributed by atoms with Crippen LogP contribution in [0.15, 0.2) is 24.3 Å². The van der Waals surface area contributed by atoms with Crippen LogP contribution in [-0.2, 0) is 4.79 Å². The fraction of sp³-hybridized carbons (Fsp3) is 0.462. The normalized spacial score (nSPS) is 23.1. The number of aliphatic hydroxyl groups excluding tert-OH is 1. The predicted molar refractivity (Wildman–Crippen MR) is 63.4 cm³/mol. The van der Waals surface area contributed by atoms with E-state index in [1.54, 1.807) is 24.3 Å². The molecule has 86 valence electrons. The van der Waals surface area contributed by atoms with E-state index in [4.69, 9.17) is 11.6 Å². The van der Waals surface area contributed by atoms with E-state index in [9.17, 15) is 9.90 Å². The van der Waals surface area contributed by atoms with Crippen molar-refractivity contribution >= 4 is 17.4 Å². The molecule has 0 amide bonds. The molecular formula is C13H15ClO2. The van der Waals surface area contributed by atoms with Crippen LogP contribution in [0.4, 0.5) is 0 Å². The lowest BCUT2D eigenvalue weighted by Gasteiger charge is -2.25. The molecule has 1 aliphatic carbocycles. The number of hydrogen-bond donors (Lipinski definition) is 1. The number of aliphatic hydroxyl groups is 1. The highest BCUT2D eigenvalue weighted by atomic mass is 35.5. The van der Waals surface area contributed by atoms with Gasteiger partial charge < -0.3 is 5.11 Å². The molecule has 2 atom stereocenters. The summed E-state index contributed by atoms with van der Waals surface area (Å²) in [7, 11) is 0. The molecule has 0 saturated heterocycles. The first kappa shape index (κ1) is 11.6. The Kier molecular flexibility index (Phi) is 3.62. The lowest BCUT2D eigenvalue weighted by atomic mass is 9.82. The zero-order valence-electron chi connectivity index (χ0n) is 9.03. The number of rotatable bonds is 2. The SMILES string of the molecule is O=C1CCCCC1[C@H](O)c1ccc(Cl)cc1. The second kappa shape index (κ2) is 4.98. The molecule has 0 radical (unpaired) electrons. The van der Waals surface area contributed by atoms with Crippen molar-refractivity contribution in [2.45, 2.75) is 31.8 Å². The van der Waals surface area contributed by atoms with Crippen molar-refractivity contribution in [1.29, 1.82) is 0 Å². The fourth-order valence-corrected chi connectivity index (χ4v) is 2.36. The average Bonchev–Trinajstić information content (AvgIpc) is 2.30. The summed E-state index contributed by atoms with van der Waals surface area (Å²) < 4.78 is 0. The second-order valence-electron chi connectivity index (χ2n) is 4.31. The van der Waals surface area contributed by atoms with E-state index in [1.165, 1.54) is 0 Å². The molecule has 0 bridgehead atoms. The molecule has 3 heteroatoms. The van der Waals surface area contributed by atoms with Gasteiger partial charge in [0.05, 0.1) is 6.10 Å². The summed E-state index contributed by atoms with van der Waals surface area (Å²) in [6.07, 6.45) is 2.71. The molecular weight excluding hydrogens is 224 g/mol. The Labute approximate surface area is 100 Å². The van der Waals surface area contributed by atoms with Crippen molar-refractivity contribution in [3.63, 3.8) is 0 Å². The van der Waals surface area contributed by atoms with E-state index in [0.29, 0.717) is 11.4 Å². The lowest BCUT2D eigenvalue weighted by Crippen LogP contribution is -2.25. The number of halogens is 1. The molecule has 1 unspecified atom stereocenters. The maximum Gasteiger partial charge on any atom is 0.138 e. The maximum absolute atomic E-state index is 11.7. The van der Waals surface area contributed by atoms with Crippen LogP contribution in [0.2, 0.25) is 5.02 Å². The first-order chi connectivity index (χ1) is 7.68. The maximum atomic E-state index is 11.7. The van der Waals surface area contributed by atoms with Gasteiger partial charge in [0.2, 0.25) is 0 Å². The molecule has 0 aromatic heterocycles. The summed E-state index contributed by atoms with van der Waals surface area (Å²) in [5.74, 6) is -0.0383. The molecule has 0 heterocycles. The third-order valence-corrected chi connectivity index (χ3v) is 3.45. The van der Waals surface area contributed by atoms with E-state index >= 15 is 0 Å². The third kappa shape index (κ3) is 2.45. The first-order valence-electron chi connectivity index (χ1n) is 5.65. The van der Waals surface area contributed by atoms with Gasteiger partial charge in [-0.2, -0.15) is 0 Å². The Morgan fingerprint density at radius 2 is 1.94 bits per heavy atom. The predicted octanol–water partition coefficient (Wildman–Crippen LogP) is 3.13. The molecule has 16 heavy (non-hydrogen) atoms. The van der Waals surface area contributed by atoms with Gasteiger partial charge in [-0.25, -0.2) is 0 Å². The summed E-state index contributed by atoms with van der Waals surface area (Å²) in [5.41, 5.74) is 0.782. The van der Waals surface area contributed by atoms with Gasteiger partial charge >= 0.3 is 0 Å². The number of carbonyl (C=O) groups is 1. The number of hydrogen-bond acceptors (Lipinski definition) is 2. The van der Waals surface area contributed by atoms with Crippen LogP contribution in [0.1, 0.15) is 37.4 Å². The van der Waals surface area contributed by atoms with Gasteiger partial charge in [0.1, 0.15) is 5.78 Å². The van der Waals surface area contributed by atoms with Crippen LogP contribution in [0.25, 0.3) is 0 Å². The van der Waals surface area contributed by atoms with Crippen molar-refractivity contribution in [2.75, 3.05) is 0 Å². The number of Topliss-reactive ketones (excluding diaryl/α,β-unsaturated/α-hetero) is 1. The highest BCUT2D eigenvalue weighted by Gasteiger charge is 2.29. The van der Waals surface area contributed by atoms with Gasteiger partial charge in [0.25, 0.3) is 0 Å². The van der Waals surface area contributed by atoms with Crippen molar-refractivity contribution in [1.82, 2.24) is 0 Å². The van der Waals surface area contributed by atoms with E-state index in [0.717, 1.165) is 24.8 Å². The molecule has 2 nitrogen and oxygen atoms in total. The molecule has 0 spiro atoms. The minimum atomic E-state index is -0.676. The zero-order chi connectivity index (χ0) is 11.5. The van der Waals surface area contributed by atoms with Gasteiger partial charge in [-0.05, 0) is 30.5 Å². The third-order valence-electron chi connectivity index (χ3n) is 3.19. The topological polar surface area (TPSA) is 37.3 Å². The van der Waals surface area contributed by atoms with Crippen LogP contribution in [0.3, 0.4) is 0 Å². The molecule has 1 aromatic rings. The monoisotopic (exact) mass is 238 g/mol. The Morgan fingerprint density at radius 1 is 1.25 bits per heavy atom. The minimum Gasteiger partial charge on any atom is -0.388 e. The quantitative estimate of drug-likeness (QED) is 0.860.